The van der Waals surface area contributed by atoms with Crippen LogP contribution in [-0.2, 0) is 0 Å². The summed E-state index contributed by atoms with van der Waals surface area (Å²) in [7, 11) is 0. The number of anilines is 3. The summed E-state index contributed by atoms with van der Waals surface area (Å²) in [6, 6.07) is 66.7. The van der Waals surface area contributed by atoms with Crippen LogP contribution in [0, 0.1) is 0 Å². The van der Waals surface area contributed by atoms with Crippen molar-refractivity contribution >= 4 is 82.5 Å². The highest BCUT2D eigenvalue weighted by Crippen LogP contribution is 2.47. The molecular formula is C50H31NO2. The Morgan fingerprint density at radius 3 is 1.75 bits per heavy atom. The van der Waals surface area contributed by atoms with E-state index in [1.807, 2.05) is 12.1 Å². The quantitative estimate of drug-likeness (QED) is 0.182. The Labute approximate surface area is 305 Å². The van der Waals surface area contributed by atoms with Gasteiger partial charge in [-0.05, 0) is 86.3 Å². The summed E-state index contributed by atoms with van der Waals surface area (Å²) in [6.07, 6.45) is 0. The molecular weight excluding hydrogens is 647 g/mol. The molecule has 0 aliphatic rings. The fourth-order valence-corrected chi connectivity index (χ4v) is 8.31. The first kappa shape index (κ1) is 29.6. The minimum Gasteiger partial charge on any atom is -0.456 e. The summed E-state index contributed by atoms with van der Waals surface area (Å²) < 4.78 is 13.2. The van der Waals surface area contributed by atoms with Gasteiger partial charge in [0.15, 0.2) is 5.58 Å². The maximum atomic E-state index is 6.83. The van der Waals surface area contributed by atoms with Crippen LogP contribution < -0.4 is 4.90 Å². The molecule has 11 aromatic rings. The number of benzene rings is 9. The predicted molar refractivity (Wildman–Crippen MR) is 222 cm³/mol. The third-order valence-electron chi connectivity index (χ3n) is 10.7. The average molecular weight is 678 g/mol. The van der Waals surface area contributed by atoms with Crippen LogP contribution in [0.1, 0.15) is 0 Å². The number of nitrogens with zero attached hydrogens (tertiary/aromatic N) is 1. The number of hydrogen-bond acceptors (Lipinski definition) is 3. The van der Waals surface area contributed by atoms with Crippen molar-refractivity contribution in [2.75, 3.05) is 4.90 Å². The van der Waals surface area contributed by atoms with Gasteiger partial charge in [0.05, 0.1) is 16.8 Å². The fourth-order valence-electron chi connectivity index (χ4n) is 8.31. The van der Waals surface area contributed by atoms with Crippen molar-refractivity contribution in [1.82, 2.24) is 0 Å². The van der Waals surface area contributed by atoms with Gasteiger partial charge in [0.2, 0.25) is 0 Å². The molecule has 0 saturated heterocycles. The standard InChI is InChI=1S/C50H31NO2/c1-2-12-32(13-3-1)37-19-8-15-35-16-9-20-38(47(35)37)34-26-29-36(30-27-34)51(42-22-11-25-45-49(42)40-18-6-7-24-44(40)52-45)43-23-10-21-41-48-39-17-5-4-14-33(39)28-31-46(48)53-50(41)43/h1-31H. The second-order valence-corrected chi connectivity index (χ2v) is 13.6. The minimum absolute atomic E-state index is 0.842. The van der Waals surface area contributed by atoms with Gasteiger partial charge in [0.25, 0.3) is 0 Å². The molecule has 0 unspecified atom stereocenters. The van der Waals surface area contributed by atoms with Crippen LogP contribution in [0.3, 0.4) is 0 Å². The second-order valence-electron chi connectivity index (χ2n) is 13.6. The number of rotatable bonds is 5. The van der Waals surface area contributed by atoms with Gasteiger partial charge in [0, 0.05) is 21.8 Å². The molecule has 3 nitrogen and oxygen atoms in total. The Balaban J connectivity index is 1.15. The first-order valence-electron chi connectivity index (χ1n) is 18.0. The van der Waals surface area contributed by atoms with E-state index >= 15 is 0 Å². The zero-order valence-corrected chi connectivity index (χ0v) is 28.7. The van der Waals surface area contributed by atoms with Crippen molar-refractivity contribution in [1.29, 1.82) is 0 Å². The van der Waals surface area contributed by atoms with E-state index < -0.39 is 0 Å². The first-order chi connectivity index (χ1) is 26.3. The van der Waals surface area contributed by atoms with Crippen LogP contribution in [0.5, 0.6) is 0 Å². The zero-order chi connectivity index (χ0) is 34.9. The fraction of sp³-hybridized carbons (Fsp3) is 0. The van der Waals surface area contributed by atoms with Crippen molar-refractivity contribution in [3.63, 3.8) is 0 Å². The molecule has 0 N–H and O–H groups in total. The number of hydrogen-bond donors (Lipinski definition) is 0. The molecule has 11 rings (SSSR count). The van der Waals surface area contributed by atoms with Crippen LogP contribution in [0.4, 0.5) is 17.1 Å². The smallest absolute Gasteiger partial charge is 0.159 e. The molecule has 248 valence electrons. The molecule has 3 heteroatoms. The van der Waals surface area contributed by atoms with Gasteiger partial charge in [-0.25, -0.2) is 0 Å². The van der Waals surface area contributed by atoms with E-state index in [1.54, 1.807) is 0 Å². The van der Waals surface area contributed by atoms with E-state index in [-0.39, 0.29) is 0 Å². The Morgan fingerprint density at radius 2 is 0.925 bits per heavy atom. The van der Waals surface area contributed by atoms with Gasteiger partial charge < -0.3 is 13.7 Å². The zero-order valence-electron chi connectivity index (χ0n) is 28.7. The average Bonchev–Trinajstić information content (AvgIpc) is 3.81. The Hall–Kier alpha value is -7.10. The summed E-state index contributed by atoms with van der Waals surface area (Å²) >= 11 is 0. The summed E-state index contributed by atoms with van der Waals surface area (Å²) in [5.41, 5.74) is 11.2. The molecule has 53 heavy (non-hydrogen) atoms. The minimum atomic E-state index is 0.842. The highest BCUT2D eigenvalue weighted by molar-refractivity contribution is 6.22. The van der Waals surface area contributed by atoms with Gasteiger partial charge in [0.1, 0.15) is 16.7 Å². The lowest BCUT2D eigenvalue weighted by atomic mass is 9.91. The van der Waals surface area contributed by atoms with Gasteiger partial charge >= 0.3 is 0 Å². The van der Waals surface area contributed by atoms with E-state index in [0.717, 1.165) is 66.5 Å². The second kappa shape index (κ2) is 11.7. The van der Waals surface area contributed by atoms with Gasteiger partial charge in [-0.1, -0.05) is 146 Å². The molecule has 0 saturated carbocycles. The summed E-state index contributed by atoms with van der Waals surface area (Å²) in [5, 5.41) is 9.20. The Bertz CT molecular complexity index is 3160. The lowest BCUT2D eigenvalue weighted by Gasteiger charge is -2.26. The highest BCUT2D eigenvalue weighted by atomic mass is 16.3. The topological polar surface area (TPSA) is 29.5 Å². The van der Waals surface area contributed by atoms with Crippen LogP contribution >= 0.6 is 0 Å². The van der Waals surface area contributed by atoms with Crippen molar-refractivity contribution in [2.45, 2.75) is 0 Å². The molecule has 2 aromatic heterocycles. The van der Waals surface area contributed by atoms with Gasteiger partial charge in [-0.2, -0.15) is 0 Å². The summed E-state index contributed by atoms with van der Waals surface area (Å²) in [5.74, 6) is 0. The molecule has 0 amide bonds. The molecule has 2 heterocycles. The van der Waals surface area contributed by atoms with Crippen molar-refractivity contribution in [2.24, 2.45) is 0 Å². The third kappa shape index (κ3) is 4.61. The van der Waals surface area contributed by atoms with Crippen LogP contribution in [0.15, 0.2) is 197 Å². The monoisotopic (exact) mass is 677 g/mol. The predicted octanol–water partition coefficient (Wildman–Crippen LogP) is 14.6. The summed E-state index contributed by atoms with van der Waals surface area (Å²) in [6.45, 7) is 0. The molecule has 0 radical (unpaired) electrons. The molecule has 0 aliphatic heterocycles. The molecule has 9 aromatic carbocycles. The SMILES string of the molecule is c1ccc(-c2cccc3cccc(-c4ccc(N(c5cccc6c5oc5ccc7ccccc7c56)c5cccc6oc7ccccc7c56)cc4)c23)cc1. The van der Waals surface area contributed by atoms with E-state index in [1.165, 1.54) is 38.2 Å². The number of fused-ring (bicyclic) bond motifs is 9. The van der Waals surface area contributed by atoms with Crippen molar-refractivity contribution in [3.8, 4) is 22.3 Å². The maximum Gasteiger partial charge on any atom is 0.159 e. The largest absolute Gasteiger partial charge is 0.456 e. The Kier molecular flexibility index (Phi) is 6.55. The molecule has 0 atom stereocenters. The number of furan rings is 2. The normalized spacial score (nSPS) is 11.8. The van der Waals surface area contributed by atoms with Crippen LogP contribution in [0.2, 0.25) is 0 Å². The van der Waals surface area contributed by atoms with E-state index in [2.05, 4.69) is 181 Å². The Morgan fingerprint density at radius 1 is 0.321 bits per heavy atom. The molecule has 0 bridgehead atoms. The van der Waals surface area contributed by atoms with Crippen molar-refractivity contribution < 1.29 is 8.83 Å². The molecule has 0 aliphatic carbocycles. The van der Waals surface area contributed by atoms with E-state index in [0.29, 0.717) is 0 Å². The van der Waals surface area contributed by atoms with Crippen molar-refractivity contribution in [3.05, 3.63) is 188 Å². The third-order valence-corrected chi connectivity index (χ3v) is 10.7. The molecule has 0 fully saturated rings. The maximum absolute atomic E-state index is 6.83. The lowest BCUT2D eigenvalue weighted by molar-refractivity contribution is 0.668. The number of para-hydroxylation sites is 2. The lowest BCUT2D eigenvalue weighted by Crippen LogP contribution is -2.10. The summed E-state index contributed by atoms with van der Waals surface area (Å²) in [4.78, 5) is 2.33. The van der Waals surface area contributed by atoms with Crippen LogP contribution in [0.25, 0.3) is 87.7 Å². The van der Waals surface area contributed by atoms with Gasteiger partial charge in [-0.15, -0.1) is 0 Å². The molecule has 0 spiro atoms. The van der Waals surface area contributed by atoms with Gasteiger partial charge in [-0.3, -0.25) is 0 Å². The first-order valence-corrected chi connectivity index (χ1v) is 18.0. The van der Waals surface area contributed by atoms with E-state index in [4.69, 9.17) is 8.83 Å². The van der Waals surface area contributed by atoms with E-state index in [9.17, 15) is 0 Å². The van der Waals surface area contributed by atoms with Crippen LogP contribution in [-0.4, -0.2) is 0 Å². The highest BCUT2D eigenvalue weighted by Gasteiger charge is 2.24.